The largest absolute Gasteiger partial charge is 0.497 e. The normalized spacial score (nSPS) is 12.2. The van der Waals surface area contributed by atoms with Gasteiger partial charge < -0.3 is 14.8 Å². The molecule has 1 atom stereocenters. The molecule has 1 rings (SSSR count). The van der Waals surface area contributed by atoms with Crippen LogP contribution in [0.15, 0.2) is 24.3 Å². The van der Waals surface area contributed by atoms with Crippen molar-refractivity contribution in [3.8, 4) is 5.75 Å². The Hall–Kier alpha value is -1.55. The number of nitrogens with one attached hydrogen (secondary N) is 1. The minimum atomic E-state index is -0.146. The third kappa shape index (κ3) is 7.14. The Bertz CT molecular complexity index is 415. The SMILES string of the molecule is CCOC(=O)CC(Cc1ccc(OC)cc1)NCC(C)C. The molecular weight excluding hydrogens is 266 g/mol. The molecule has 0 aromatic heterocycles. The quantitative estimate of drug-likeness (QED) is 0.711. The summed E-state index contributed by atoms with van der Waals surface area (Å²) in [4.78, 5) is 11.7. The van der Waals surface area contributed by atoms with E-state index < -0.39 is 0 Å². The molecule has 21 heavy (non-hydrogen) atoms. The number of benzene rings is 1. The summed E-state index contributed by atoms with van der Waals surface area (Å²) in [7, 11) is 1.66. The molecule has 0 radical (unpaired) electrons. The molecule has 0 saturated carbocycles. The molecule has 118 valence electrons. The fraction of sp³-hybridized carbons (Fsp3) is 0.588. The molecule has 4 heteroatoms. The van der Waals surface area contributed by atoms with E-state index in [4.69, 9.17) is 9.47 Å². The van der Waals surface area contributed by atoms with Gasteiger partial charge in [0.2, 0.25) is 0 Å². The van der Waals surface area contributed by atoms with Crippen LogP contribution in [0.3, 0.4) is 0 Å². The molecule has 0 aliphatic carbocycles. The van der Waals surface area contributed by atoms with Crippen molar-refractivity contribution in [3.05, 3.63) is 29.8 Å². The van der Waals surface area contributed by atoms with E-state index >= 15 is 0 Å². The lowest BCUT2D eigenvalue weighted by molar-refractivity contribution is -0.143. The lowest BCUT2D eigenvalue weighted by Crippen LogP contribution is -2.36. The van der Waals surface area contributed by atoms with E-state index in [2.05, 4.69) is 19.2 Å². The summed E-state index contributed by atoms with van der Waals surface area (Å²) in [6.45, 7) is 7.46. The predicted molar refractivity (Wildman–Crippen MR) is 84.6 cm³/mol. The Morgan fingerprint density at radius 1 is 1.24 bits per heavy atom. The molecule has 0 bridgehead atoms. The van der Waals surface area contributed by atoms with E-state index in [9.17, 15) is 4.79 Å². The number of carbonyl (C=O) groups is 1. The first-order chi connectivity index (χ1) is 10.0. The lowest BCUT2D eigenvalue weighted by Gasteiger charge is -2.19. The zero-order chi connectivity index (χ0) is 15.7. The van der Waals surface area contributed by atoms with E-state index in [0.717, 1.165) is 18.7 Å². The van der Waals surface area contributed by atoms with Gasteiger partial charge in [0.15, 0.2) is 0 Å². The van der Waals surface area contributed by atoms with Crippen LogP contribution in [-0.4, -0.2) is 32.3 Å². The van der Waals surface area contributed by atoms with E-state index in [0.29, 0.717) is 18.9 Å². The molecule has 1 aromatic rings. The van der Waals surface area contributed by atoms with Gasteiger partial charge in [-0.15, -0.1) is 0 Å². The fourth-order valence-electron chi connectivity index (χ4n) is 2.09. The number of rotatable bonds is 9. The monoisotopic (exact) mass is 293 g/mol. The molecule has 1 aromatic carbocycles. The fourth-order valence-corrected chi connectivity index (χ4v) is 2.09. The Morgan fingerprint density at radius 3 is 2.43 bits per heavy atom. The predicted octanol–water partition coefficient (Wildman–Crippen LogP) is 2.81. The Kier molecular flexibility index (Phi) is 7.83. The second kappa shape index (κ2) is 9.40. The third-order valence-corrected chi connectivity index (χ3v) is 3.17. The summed E-state index contributed by atoms with van der Waals surface area (Å²) >= 11 is 0. The number of methoxy groups -OCH3 is 1. The highest BCUT2D eigenvalue weighted by Gasteiger charge is 2.15. The van der Waals surface area contributed by atoms with Gasteiger partial charge >= 0.3 is 5.97 Å². The van der Waals surface area contributed by atoms with Crippen molar-refractivity contribution in [2.24, 2.45) is 5.92 Å². The first-order valence-corrected chi connectivity index (χ1v) is 7.57. The standard InChI is InChI=1S/C17H27NO3/c1-5-21-17(19)11-15(18-12-13(2)3)10-14-6-8-16(20-4)9-7-14/h6-9,13,15,18H,5,10-12H2,1-4H3. The molecule has 0 fully saturated rings. The second-order valence-corrected chi connectivity index (χ2v) is 5.56. The highest BCUT2D eigenvalue weighted by atomic mass is 16.5. The van der Waals surface area contributed by atoms with Crippen LogP contribution in [0.2, 0.25) is 0 Å². The maximum Gasteiger partial charge on any atom is 0.307 e. The Balaban J connectivity index is 2.63. The molecule has 4 nitrogen and oxygen atoms in total. The first kappa shape index (κ1) is 17.5. The molecule has 0 aliphatic rings. The van der Waals surface area contributed by atoms with Gasteiger partial charge in [0.25, 0.3) is 0 Å². The van der Waals surface area contributed by atoms with Crippen molar-refractivity contribution < 1.29 is 14.3 Å². The average molecular weight is 293 g/mol. The summed E-state index contributed by atoms with van der Waals surface area (Å²) in [5.74, 6) is 1.24. The van der Waals surface area contributed by atoms with Crippen LogP contribution in [0.5, 0.6) is 5.75 Å². The van der Waals surface area contributed by atoms with Gasteiger partial charge in [-0.3, -0.25) is 4.79 Å². The molecular formula is C17H27NO3. The Morgan fingerprint density at radius 2 is 1.90 bits per heavy atom. The summed E-state index contributed by atoms with van der Waals surface area (Å²) in [5.41, 5.74) is 1.18. The first-order valence-electron chi connectivity index (χ1n) is 7.57. The Labute approximate surface area is 127 Å². The number of hydrogen-bond acceptors (Lipinski definition) is 4. The van der Waals surface area contributed by atoms with E-state index in [1.165, 1.54) is 5.56 Å². The number of esters is 1. The molecule has 0 aliphatic heterocycles. The van der Waals surface area contributed by atoms with Gasteiger partial charge in [0, 0.05) is 6.04 Å². The van der Waals surface area contributed by atoms with E-state index in [1.54, 1.807) is 7.11 Å². The second-order valence-electron chi connectivity index (χ2n) is 5.56. The average Bonchev–Trinajstić information content (AvgIpc) is 2.45. The maximum absolute atomic E-state index is 11.7. The van der Waals surface area contributed by atoms with Crippen LogP contribution in [0.25, 0.3) is 0 Å². The molecule has 1 unspecified atom stereocenters. The highest BCUT2D eigenvalue weighted by Crippen LogP contribution is 2.14. The maximum atomic E-state index is 11.7. The summed E-state index contributed by atoms with van der Waals surface area (Å²) in [6, 6.07) is 8.06. The molecule has 0 amide bonds. The summed E-state index contributed by atoms with van der Waals surface area (Å²) < 4.78 is 10.2. The van der Waals surface area contributed by atoms with Gasteiger partial charge in [0.05, 0.1) is 20.1 Å². The topological polar surface area (TPSA) is 47.6 Å². The van der Waals surface area contributed by atoms with Crippen molar-refractivity contribution in [2.45, 2.75) is 39.7 Å². The van der Waals surface area contributed by atoms with Gasteiger partial charge in [0.1, 0.15) is 5.75 Å². The van der Waals surface area contributed by atoms with Gasteiger partial charge in [-0.05, 0) is 43.5 Å². The number of hydrogen-bond donors (Lipinski definition) is 1. The van der Waals surface area contributed by atoms with E-state index in [1.807, 2.05) is 31.2 Å². The van der Waals surface area contributed by atoms with Crippen LogP contribution in [0, 0.1) is 5.92 Å². The van der Waals surface area contributed by atoms with Crippen molar-refractivity contribution in [2.75, 3.05) is 20.3 Å². The number of ether oxygens (including phenoxy) is 2. The van der Waals surface area contributed by atoms with Crippen LogP contribution in [-0.2, 0) is 16.0 Å². The lowest BCUT2D eigenvalue weighted by atomic mass is 10.0. The van der Waals surface area contributed by atoms with E-state index in [-0.39, 0.29) is 12.0 Å². The zero-order valence-electron chi connectivity index (χ0n) is 13.5. The van der Waals surface area contributed by atoms with Crippen LogP contribution >= 0.6 is 0 Å². The third-order valence-electron chi connectivity index (χ3n) is 3.17. The molecule has 0 spiro atoms. The van der Waals surface area contributed by atoms with Crippen LogP contribution in [0.4, 0.5) is 0 Å². The zero-order valence-corrected chi connectivity index (χ0v) is 13.5. The highest BCUT2D eigenvalue weighted by molar-refractivity contribution is 5.70. The van der Waals surface area contributed by atoms with Crippen molar-refractivity contribution in [1.82, 2.24) is 5.32 Å². The molecule has 0 heterocycles. The van der Waals surface area contributed by atoms with Gasteiger partial charge in [-0.25, -0.2) is 0 Å². The van der Waals surface area contributed by atoms with Gasteiger partial charge in [-0.1, -0.05) is 26.0 Å². The van der Waals surface area contributed by atoms with Gasteiger partial charge in [-0.2, -0.15) is 0 Å². The number of carbonyl (C=O) groups excluding carboxylic acids is 1. The van der Waals surface area contributed by atoms with Crippen molar-refractivity contribution >= 4 is 5.97 Å². The minimum absolute atomic E-state index is 0.0971. The van der Waals surface area contributed by atoms with Crippen molar-refractivity contribution in [1.29, 1.82) is 0 Å². The van der Waals surface area contributed by atoms with Crippen LogP contribution in [0.1, 0.15) is 32.8 Å². The smallest absolute Gasteiger partial charge is 0.307 e. The molecule has 0 saturated heterocycles. The molecule has 1 N–H and O–H groups in total. The minimum Gasteiger partial charge on any atom is -0.497 e. The van der Waals surface area contributed by atoms with Crippen LogP contribution < -0.4 is 10.1 Å². The summed E-state index contributed by atoms with van der Waals surface area (Å²) in [5, 5.41) is 3.45. The summed E-state index contributed by atoms with van der Waals surface area (Å²) in [6.07, 6.45) is 1.20. The van der Waals surface area contributed by atoms with Crippen molar-refractivity contribution in [3.63, 3.8) is 0 Å².